The zero-order valence-electron chi connectivity index (χ0n) is 11.2. The van der Waals surface area contributed by atoms with Gasteiger partial charge in [0.15, 0.2) is 0 Å². The Hall–Kier alpha value is -2.29. The second-order valence-electron chi connectivity index (χ2n) is 5.51. The van der Waals surface area contributed by atoms with Crippen molar-refractivity contribution in [2.24, 2.45) is 0 Å². The van der Waals surface area contributed by atoms with Crippen molar-refractivity contribution in [3.63, 3.8) is 0 Å². The van der Waals surface area contributed by atoms with Crippen LogP contribution in [-0.4, -0.2) is 12.5 Å². The zero-order chi connectivity index (χ0) is 13.7. The number of carbonyl (C=O) groups is 1. The molecule has 0 aromatic heterocycles. The van der Waals surface area contributed by atoms with Gasteiger partial charge in [-0.15, -0.1) is 0 Å². The predicted molar refractivity (Wildman–Crippen MR) is 76.2 cm³/mol. The van der Waals surface area contributed by atoms with Crippen LogP contribution in [0.25, 0.3) is 0 Å². The number of nitrogens with one attached hydrogen (secondary N) is 1. The van der Waals surface area contributed by atoms with Crippen LogP contribution in [0.2, 0.25) is 0 Å². The lowest BCUT2D eigenvalue weighted by Crippen LogP contribution is -2.18. The predicted octanol–water partition coefficient (Wildman–Crippen LogP) is 3.10. The van der Waals surface area contributed by atoms with Crippen molar-refractivity contribution >= 4 is 5.91 Å². The maximum Gasteiger partial charge on any atom is 0.228 e. The Morgan fingerprint density at radius 2 is 1.90 bits per heavy atom. The number of hydrogen-bond donors (Lipinski definition) is 1. The van der Waals surface area contributed by atoms with Crippen molar-refractivity contribution in [1.29, 1.82) is 0 Å². The monoisotopic (exact) mass is 265 g/mol. The summed E-state index contributed by atoms with van der Waals surface area (Å²) in [5.74, 6) is 1.77. The fraction of sp³-hybridized carbons (Fsp3) is 0.235. The molecule has 3 heteroatoms. The van der Waals surface area contributed by atoms with Gasteiger partial charge in [-0.25, -0.2) is 0 Å². The second kappa shape index (κ2) is 4.10. The summed E-state index contributed by atoms with van der Waals surface area (Å²) in [7, 11) is 0. The topological polar surface area (TPSA) is 38.3 Å². The van der Waals surface area contributed by atoms with Crippen molar-refractivity contribution in [1.82, 2.24) is 5.32 Å². The molecule has 2 heterocycles. The molecule has 0 saturated carbocycles. The molecule has 0 spiro atoms. The molecule has 0 radical (unpaired) electrons. The summed E-state index contributed by atoms with van der Waals surface area (Å²) in [5.41, 5.74) is 3.27. The van der Waals surface area contributed by atoms with Crippen LogP contribution >= 0.6 is 0 Å². The first kappa shape index (κ1) is 11.5. The van der Waals surface area contributed by atoms with Gasteiger partial charge in [-0.2, -0.15) is 0 Å². The molecule has 3 nitrogen and oxygen atoms in total. The Morgan fingerprint density at radius 3 is 2.80 bits per heavy atom. The minimum atomic E-state index is -0.145. The molecule has 4 rings (SSSR count). The highest BCUT2D eigenvalue weighted by molar-refractivity contribution is 5.89. The van der Waals surface area contributed by atoms with Gasteiger partial charge in [0.25, 0.3) is 0 Å². The first-order valence-electron chi connectivity index (χ1n) is 6.89. The first-order chi connectivity index (χ1) is 9.74. The molecule has 2 aromatic carbocycles. The van der Waals surface area contributed by atoms with Crippen LogP contribution in [0.3, 0.4) is 0 Å². The molecule has 2 aliphatic rings. The van der Waals surface area contributed by atoms with E-state index in [9.17, 15) is 4.79 Å². The lowest BCUT2D eigenvalue weighted by Gasteiger charge is -2.15. The Morgan fingerprint density at radius 1 is 1.10 bits per heavy atom. The van der Waals surface area contributed by atoms with E-state index < -0.39 is 0 Å². The third-order valence-electron chi connectivity index (χ3n) is 4.22. The van der Waals surface area contributed by atoms with Gasteiger partial charge in [0.05, 0.1) is 5.92 Å². The lowest BCUT2D eigenvalue weighted by atomic mass is 9.83. The summed E-state index contributed by atoms with van der Waals surface area (Å²) in [6, 6.07) is 14.1. The molecule has 0 unspecified atom stereocenters. The third kappa shape index (κ3) is 1.56. The molecule has 1 amide bonds. The fourth-order valence-corrected chi connectivity index (χ4v) is 3.27. The molecule has 100 valence electrons. The van der Waals surface area contributed by atoms with Crippen LogP contribution in [0.5, 0.6) is 11.5 Å². The number of benzene rings is 2. The second-order valence-corrected chi connectivity index (χ2v) is 5.51. The maximum atomic E-state index is 12.3. The molecule has 0 bridgehead atoms. The highest BCUT2D eigenvalue weighted by Gasteiger charge is 2.41. The summed E-state index contributed by atoms with van der Waals surface area (Å²) in [4.78, 5) is 12.3. The van der Waals surface area contributed by atoms with Gasteiger partial charge < -0.3 is 10.1 Å². The Bertz CT molecular complexity index is 708. The molecule has 1 N–H and O–H groups in total. The normalized spacial score (nSPS) is 22.9. The highest BCUT2D eigenvalue weighted by atomic mass is 16.5. The van der Waals surface area contributed by atoms with Crippen molar-refractivity contribution in [2.75, 3.05) is 6.54 Å². The third-order valence-corrected chi connectivity index (χ3v) is 4.22. The Kier molecular flexibility index (Phi) is 2.36. The molecule has 1 fully saturated rings. The van der Waals surface area contributed by atoms with Crippen molar-refractivity contribution < 1.29 is 9.53 Å². The Labute approximate surface area is 117 Å². The molecule has 1 saturated heterocycles. The van der Waals surface area contributed by atoms with Crippen molar-refractivity contribution in [2.45, 2.75) is 18.8 Å². The van der Waals surface area contributed by atoms with Crippen LogP contribution in [-0.2, 0) is 4.79 Å². The fourth-order valence-electron chi connectivity index (χ4n) is 3.27. The standard InChI is InChI=1S/C17H15NO2/c1-10-6-7-15-12(8-10)16-13(9-18-17(16)19)11-4-2-3-5-14(11)20-15/h2-8,13,16H,9H2,1H3,(H,18,19)/t13-,16-/m1/s1. The molecule has 2 aliphatic heterocycles. The summed E-state index contributed by atoms with van der Waals surface area (Å²) >= 11 is 0. The van der Waals surface area contributed by atoms with E-state index in [0.29, 0.717) is 6.54 Å². The molecular weight excluding hydrogens is 250 g/mol. The van der Waals surface area contributed by atoms with E-state index in [4.69, 9.17) is 4.74 Å². The van der Waals surface area contributed by atoms with Crippen molar-refractivity contribution in [3.8, 4) is 11.5 Å². The van der Waals surface area contributed by atoms with Crippen LogP contribution in [0.1, 0.15) is 28.5 Å². The van der Waals surface area contributed by atoms with Gasteiger partial charge in [0.1, 0.15) is 11.5 Å². The highest BCUT2D eigenvalue weighted by Crippen LogP contribution is 2.48. The number of amides is 1. The number of carbonyl (C=O) groups excluding carboxylic acids is 1. The SMILES string of the molecule is Cc1ccc2c(c1)[C@H]1C(=O)NC[C@@H]1c1ccccc1O2. The average molecular weight is 265 g/mol. The molecule has 2 aromatic rings. The van der Waals surface area contributed by atoms with Gasteiger partial charge in [0, 0.05) is 23.6 Å². The van der Waals surface area contributed by atoms with Crippen LogP contribution < -0.4 is 10.1 Å². The Balaban J connectivity index is 1.98. The maximum absolute atomic E-state index is 12.3. The van der Waals surface area contributed by atoms with Crippen molar-refractivity contribution in [3.05, 3.63) is 59.2 Å². The number of rotatable bonds is 0. The van der Waals surface area contributed by atoms with Crippen LogP contribution in [0.15, 0.2) is 42.5 Å². The average Bonchev–Trinajstić information content (AvgIpc) is 2.76. The first-order valence-corrected chi connectivity index (χ1v) is 6.89. The van der Waals surface area contributed by atoms with E-state index in [1.54, 1.807) is 0 Å². The zero-order valence-corrected chi connectivity index (χ0v) is 11.2. The molecule has 20 heavy (non-hydrogen) atoms. The summed E-state index contributed by atoms with van der Waals surface area (Å²) in [5, 5.41) is 3.00. The van der Waals surface area contributed by atoms with E-state index in [-0.39, 0.29) is 17.7 Å². The number of fused-ring (bicyclic) bond motifs is 5. The quantitative estimate of drug-likeness (QED) is 0.795. The largest absolute Gasteiger partial charge is 0.457 e. The smallest absolute Gasteiger partial charge is 0.228 e. The van der Waals surface area contributed by atoms with Gasteiger partial charge in [-0.05, 0) is 19.1 Å². The minimum absolute atomic E-state index is 0.0992. The van der Waals surface area contributed by atoms with Crippen LogP contribution in [0.4, 0.5) is 0 Å². The molecular formula is C17H15NO2. The molecule has 0 aliphatic carbocycles. The lowest BCUT2D eigenvalue weighted by molar-refractivity contribution is -0.120. The van der Waals surface area contributed by atoms with E-state index in [1.165, 1.54) is 0 Å². The number of hydrogen-bond acceptors (Lipinski definition) is 2. The van der Waals surface area contributed by atoms with E-state index in [0.717, 1.165) is 28.2 Å². The van der Waals surface area contributed by atoms with Crippen LogP contribution in [0, 0.1) is 6.92 Å². The number of para-hydroxylation sites is 1. The summed E-state index contributed by atoms with van der Waals surface area (Å²) < 4.78 is 6.06. The summed E-state index contributed by atoms with van der Waals surface area (Å²) in [6.07, 6.45) is 0. The van der Waals surface area contributed by atoms with E-state index >= 15 is 0 Å². The van der Waals surface area contributed by atoms with E-state index in [1.807, 2.05) is 37.3 Å². The minimum Gasteiger partial charge on any atom is -0.457 e. The molecule has 2 atom stereocenters. The van der Waals surface area contributed by atoms with Gasteiger partial charge in [0.2, 0.25) is 5.91 Å². The van der Waals surface area contributed by atoms with Gasteiger partial charge >= 0.3 is 0 Å². The number of ether oxygens (including phenoxy) is 1. The summed E-state index contributed by atoms with van der Waals surface area (Å²) in [6.45, 7) is 2.72. The number of aryl methyl sites for hydroxylation is 1. The van der Waals surface area contributed by atoms with Gasteiger partial charge in [-0.1, -0.05) is 35.9 Å². The van der Waals surface area contributed by atoms with Gasteiger partial charge in [-0.3, -0.25) is 4.79 Å². The van der Waals surface area contributed by atoms with E-state index in [2.05, 4.69) is 17.4 Å².